The predicted molar refractivity (Wildman–Crippen MR) is 79.5 cm³/mol. The summed E-state index contributed by atoms with van der Waals surface area (Å²) in [7, 11) is -2.01. The second-order valence-electron chi connectivity index (χ2n) is 6.70. The van der Waals surface area contributed by atoms with E-state index in [0.29, 0.717) is 0 Å². The van der Waals surface area contributed by atoms with Gasteiger partial charge in [-0.1, -0.05) is 50.6 Å². The highest BCUT2D eigenvalue weighted by Crippen LogP contribution is 2.23. The van der Waals surface area contributed by atoms with Crippen LogP contribution >= 0.6 is 11.6 Å². The molecule has 0 aliphatic heterocycles. The molecule has 0 heterocycles. The van der Waals surface area contributed by atoms with Crippen molar-refractivity contribution in [2.24, 2.45) is 0 Å². The molecule has 0 aliphatic carbocycles. The molecule has 3 heteroatoms. The van der Waals surface area contributed by atoms with Gasteiger partial charge in [0.05, 0.1) is 8.07 Å². The van der Waals surface area contributed by atoms with Gasteiger partial charge in [-0.15, -0.1) is 11.6 Å². The lowest BCUT2D eigenvalue weighted by Gasteiger charge is -2.21. The molecule has 15 heavy (non-hydrogen) atoms. The Bertz CT molecular complexity index is 209. The standard InChI is InChI=1S/C12H27ClSi2/c1-14(2,3)10-12(8-7-9-13)11-15(4,5)6/h10H,7-9,11H2,1-6H3/b12-10-. The van der Waals surface area contributed by atoms with Gasteiger partial charge in [0, 0.05) is 14.0 Å². The number of hydrogen-bond acceptors (Lipinski definition) is 0. The van der Waals surface area contributed by atoms with E-state index in [1.807, 2.05) is 0 Å². The lowest BCUT2D eigenvalue weighted by atomic mass is 10.2. The van der Waals surface area contributed by atoms with Crippen LogP contribution in [0.5, 0.6) is 0 Å². The zero-order chi connectivity index (χ0) is 12.1. The molecule has 0 fully saturated rings. The topological polar surface area (TPSA) is 0 Å². The average Bonchev–Trinajstić information content (AvgIpc) is 1.94. The predicted octanol–water partition coefficient (Wildman–Crippen LogP) is 5.15. The van der Waals surface area contributed by atoms with Crippen molar-refractivity contribution < 1.29 is 0 Å². The highest BCUT2D eigenvalue weighted by molar-refractivity contribution is 6.81. The molecule has 0 amide bonds. The minimum Gasteiger partial charge on any atom is -0.127 e. The Morgan fingerprint density at radius 2 is 1.60 bits per heavy atom. The molecule has 0 radical (unpaired) electrons. The zero-order valence-electron chi connectivity index (χ0n) is 11.3. The summed E-state index contributed by atoms with van der Waals surface area (Å²) in [5, 5.41) is 0. The number of hydrogen-bond donors (Lipinski definition) is 0. The second-order valence-corrected chi connectivity index (χ2v) is 17.6. The summed E-state index contributed by atoms with van der Waals surface area (Å²) in [4.78, 5) is 0. The molecule has 0 saturated heterocycles. The molecular formula is C12H27ClSi2. The van der Waals surface area contributed by atoms with E-state index in [2.05, 4.69) is 45.0 Å². The van der Waals surface area contributed by atoms with E-state index in [-0.39, 0.29) is 0 Å². The van der Waals surface area contributed by atoms with Crippen LogP contribution in [0.4, 0.5) is 0 Å². The van der Waals surface area contributed by atoms with Crippen molar-refractivity contribution in [3.05, 3.63) is 11.3 Å². The van der Waals surface area contributed by atoms with Gasteiger partial charge >= 0.3 is 0 Å². The summed E-state index contributed by atoms with van der Waals surface area (Å²) < 4.78 is 0. The Hall–Kier alpha value is 0.464. The van der Waals surface area contributed by atoms with Crippen molar-refractivity contribution in [3.63, 3.8) is 0 Å². The SMILES string of the molecule is C[Si](C)(C)/C=C(/CCCCl)C[Si](C)(C)C. The Labute approximate surface area is 103 Å². The third-order valence-electron chi connectivity index (χ3n) is 2.03. The first kappa shape index (κ1) is 15.5. The van der Waals surface area contributed by atoms with Gasteiger partial charge in [0.1, 0.15) is 0 Å². The molecule has 0 saturated carbocycles. The summed E-state index contributed by atoms with van der Waals surface area (Å²) >= 11 is 5.78. The minimum atomic E-state index is -1.05. The summed E-state index contributed by atoms with van der Waals surface area (Å²) in [6.07, 6.45) is 2.36. The summed E-state index contributed by atoms with van der Waals surface area (Å²) in [5.74, 6) is 0.800. The van der Waals surface area contributed by atoms with Crippen molar-refractivity contribution in [1.82, 2.24) is 0 Å². The first-order chi connectivity index (χ1) is 6.64. The second kappa shape index (κ2) is 6.26. The van der Waals surface area contributed by atoms with Crippen LogP contribution in [-0.4, -0.2) is 22.0 Å². The van der Waals surface area contributed by atoms with Crippen LogP contribution in [0, 0.1) is 0 Å². The largest absolute Gasteiger partial charge is 0.127 e. The molecule has 0 aromatic carbocycles. The van der Waals surface area contributed by atoms with Gasteiger partial charge in [-0.25, -0.2) is 0 Å². The van der Waals surface area contributed by atoms with Gasteiger partial charge in [0.25, 0.3) is 0 Å². The Kier molecular flexibility index (Phi) is 6.45. The van der Waals surface area contributed by atoms with E-state index < -0.39 is 16.1 Å². The van der Waals surface area contributed by atoms with Crippen LogP contribution in [0.2, 0.25) is 45.3 Å². The number of rotatable bonds is 6. The normalized spacial score (nSPS) is 14.5. The Balaban J connectivity index is 4.52. The Morgan fingerprint density at radius 1 is 1.07 bits per heavy atom. The molecule has 0 spiro atoms. The van der Waals surface area contributed by atoms with E-state index in [1.165, 1.54) is 12.5 Å². The molecule has 0 bridgehead atoms. The van der Waals surface area contributed by atoms with Gasteiger partial charge in [-0.3, -0.25) is 0 Å². The van der Waals surface area contributed by atoms with E-state index in [1.54, 1.807) is 5.57 Å². The van der Waals surface area contributed by atoms with E-state index in [9.17, 15) is 0 Å². The van der Waals surface area contributed by atoms with Crippen molar-refractivity contribution in [3.8, 4) is 0 Å². The van der Waals surface area contributed by atoms with E-state index in [4.69, 9.17) is 11.6 Å². The average molecular weight is 263 g/mol. The van der Waals surface area contributed by atoms with Crippen LogP contribution in [0.15, 0.2) is 11.3 Å². The molecule has 0 aromatic rings. The lowest BCUT2D eigenvalue weighted by Crippen LogP contribution is -2.23. The van der Waals surface area contributed by atoms with Gasteiger partial charge in [0.15, 0.2) is 0 Å². The van der Waals surface area contributed by atoms with Gasteiger partial charge in [0.2, 0.25) is 0 Å². The fourth-order valence-electron chi connectivity index (χ4n) is 1.80. The number of halogens is 1. The number of alkyl halides is 1. The summed E-state index contributed by atoms with van der Waals surface area (Å²) in [6.45, 7) is 14.6. The van der Waals surface area contributed by atoms with Crippen LogP contribution in [0.3, 0.4) is 0 Å². The quantitative estimate of drug-likeness (QED) is 0.459. The molecule has 0 unspecified atom stereocenters. The maximum Gasteiger partial charge on any atom is 0.0686 e. The van der Waals surface area contributed by atoms with Crippen molar-refractivity contribution in [2.75, 3.05) is 5.88 Å². The maximum absolute atomic E-state index is 5.78. The molecule has 0 rings (SSSR count). The first-order valence-electron chi connectivity index (χ1n) is 5.91. The molecule has 90 valence electrons. The highest BCUT2D eigenvalue weighted by atomic mass is 35.5. The maximum atomic E-state index is 5.78. The Morgan fingerprint density at radius 3 is 1.93 bits per heavy atom. The molecule has 0 aromatic heterocycles. The van der Waals surface area contributed by atoms with Crippen LogP contribution < -0.4 is 0 Å². The molecule has 0 atom stereocenters. The van der Waals surface area contributed by atoms with Crippen LogP contribution in [-0.2, 0) is 0 Å². The zero-order valence-corrected chi connectivity index (χ0v) is 14.0. The van der Waals surface area contributed by atoms with Gasteiger partial charge < -0.3 is 0 Å². The third-order valence-corrected chi connectivity index (χ3v) is 5.08. The molecule has 0 N–H and O–H groups in total. The monoisotopic (exact) mass is 262 g/mol. The van der Waals surface area contributed by atoms with Crippen molar-refractivity contribution in [1.29, 1.82) is 0 Å². The van der Waals surface area contributed by atoms with Crippen LogP contribution in [0.1, 0.15) is 12.8 Å². The third kappa shape index (κ3) is 10.7. The van der Waals surface area contributed by atoms with Crippen molar-refractivity contribution in [2.45, 2.75) is 58.2 Å². The first-order valence-corrected chi connectivity index (χ1v) is 13.7. The van der Waals surface area contributed by atoms with Gasteiger partial charge in [-0.2, -0.15) is 0 Å². The molecule has 0 nitrogen and oxygen atoms in total. The molecule has 0 aliphatic rings. The summed E-state index contributed by atoms with van der Waals surface area (Å²) in [5.41, 5.74) is 4.28. The lowest BCUT2D eigenvalue weighted by molar-refractivity contribution is 0.907. The van der Waals surface area contributed by atoms with E-state index in [0.717, 1.165) is 12.3 Å². The van der Waals surface area contributed by atoms with E-state index >= 15 is 0 Å². The van der Waals surface area contributed by atoms with Crippen molar-refractivity contribution >= 4 is 27.7 Å². The molecular weight excluding hydrogens is 236 g/mol. The fraction of sp³-hybridized carbons (Fsp3) is 0.833. The smallest absolute Gasteiger partial charge is 0.0686 e. The minimum absolute atomic E-state index is 0.800. The number of allylic oxidation sites excluding steroid dienone is 1. The van der Waals surface area contributed by atoms with Crippen LogP contribution in [0.25, 0.3) is 0 Å². The summed E-state index contributed by atoms with van der Waals surface area (Å²) in [6, 6.07) is 1.36. The highest BCUT2D eigenvalue weighted by Gasteiger charge is 2.18. The fourth-order valence-corrected chi connectivity index (χ4v) is 5.25. The van der Waals surface area contributed by atoms with Gasteiger partial charge in [-0.05, 0) is 18.9 Å².